The normalized spacial score (nSPS) is 11.9. The lowest BCUT2D eigenvalue weighted by Gasteiger charge is -2.20. The molecule has 2 rings (SSSR count). The van der Waals surface area contributed by atoms with Crippen LogP contribution in [0.3, 0.4) is 0 Å². The number of hydrogen-bond acceptors (Lipinski definition) is 2. The summed E-state index contributed by atoms with van der Waals surface area (Å²) < 4.78 is 6.31. The molecule has 2 nitrogen and oxygen atoms in total. The van der Waals surface area contributed by atoms with E-state index in [2.05, 4.69) is 52.4 Å². The Morgan fingerprint density at radius 3 is 2.53 bits per heavy atom. The van der Waals surface area contributed by atoms with E-state index in [0.29, 0.717) is 6.04 Å². The van der Waals surface area contributed by atoms with Gasteiger partial charge >= 0.3 is 0 Å². The number of hydrogen-bond donors (Lipinski definition) is 1. The number of rotatable bonds is 5. The minimum absolute atomic E-state index is 0.296. The van der Waals surface area contributed by atoms with Gasteiger partial charge in [0.1, 0.15) is 5.75 Å². The summed E-state index contributed by atoms with van der Waals surface area (Å²) in [6.45, 7) is 2.18. The number of benzene rings is 2. The van der Waals surface area contributed by atoms with E-state index in [1.807, 2.05) is 24.3 Å². The molecule has 0 heterocycles. The monoisotopic (exact) mass is 319 g/mol. The van der Waals surface area contributed by atoms with Gasteiger partial charge in [0.2, 0.25) is 0 Å². The van der Waals surface area contributed by atoms with E-state index in [0.717, 1.165) is 22.3 Å². The van der Waals surface area contributed by atoms with Crippen LogP contribution in [0, 0.1) is 0 Å². The van der Waals surface area contributed by atoms with Crippen molar-refractivity contribution in [2.45, 2.75) is 19.4 Å². The average Bonchev–Trinajstić information content (AvgIpc) is 2.47. The Kier molecular flexibility index (Phi) is 4.86. The van der Waals surface area contributed by atoms with Gasteiger partial charge in [0.05, 0.1) is 18.8 Å². The van der Waals surface area contributed by atoms with Gasteiger partial charge in [-0.15, -0.1) is 0 Å². The minimum Gasteiger partial charge on any atom is -0.497 e. The number of ether oxygens (including phenoxy) is 1. The number of methoxy groups -OCH3 is 1. The molecule has 0 fully saturated rings. The summed E-state index contributed by atoms with van der Waals surface area (Å²) in [7, 11) is 1.68. The van der Waals surface area contributed by atoms with Crippen molar-refractivity contribution in [3.05, 3.63) is 58.6 Å². The summed E-state index contributed by atoms with van der Waals surface area (Å²) in [5.74, 6) is 0.855. The zero-order valence-corrected chi connectivity index (χ0v) is 12.8. The van der Waals surface area contributed by atoms with Crippen LogP contribution in [0.25, 0.3) is 0 Å². The predicted molar refractivity (Wildman–Crippen MR) is 83.8 cm³/mol. The van der Waals surface area contributed by atoms with Crippen LogP contribution in [0.4, 0.5) is 5.69 Å². The van der Waals surface area contributed by atoms with E-state index in [1.165, 1.54) is 5.56 Å². The van der Waals surface area contributed by atoms with Crippen LogP contribution in [0.1, 0.15) is 24.9 Å². The molecule has 0 aliphatic heterocycles. The first-order valence-electron chi connectivity index (χ1n) is 6.39. The lowest BCUT2D eigenvalue weighted by Crippen LogP contribution is -2.10. The maximum Gasteiger partial charge on any atom is 0.121 e. The fourth-order valence-corrected chi connectivity index (χ4v) is 2.40. The van der Waals surface area contributed by atoms with Crippen molar-refractivity contribution in [2.75, 3.05) is 12.4 Å². The maximum absolute atomic E-state index is 5.27. The third-order valence-corrected chi connectivity index (χ3v) is 3.80. The SMILES string of the molecule is CCC(Nc1cc(OC)ccc1Br)c1ccccc1. The summed E-state index contributed by atoms with van der Waals surface area (Å²) in [6.07, 6.45) is 1.02. The molecule has 0 spiro atoms. The molecule has 0 radical (unpaired) electrons. The van der Waals surface area contributed by atoms with E-state index < -0.39 is 0 Å². The predicted octanol–water partition coefficient (Wildman–Crippen LogP) is 5.02. The highest BCUT2D eigenvalue weighted by atomic mass is 79.9. The van der Waals surface area contributed by atoms with E-state index in [4.69, 9.17) is 4.74 Å². The van der Waals surface area contributed by atoms with Crippen molar-refractivity contribution in [3.63, 3.8) is 0 Å². The molecule has 0 bridgehead atoms. The molecule has 0 saturated heterocycles. The second-order valence-electron chi connectivity index (χ2n) is 4.36. The lowest BCUT2D eigenvalue weighted by molar-refractivity contribution is 0.415. The molecule has 1 N–H and O–H groups in total. The zero-order chi connectivity index (χ0) is 13.7. The molecule has 0 aromatic heterocycles. The fourth-order valence-electron chi connectivity index (χ4n) is 2.04. The number of nitrogens with one attached hydrogen (secondary N) is 1. The van der Waals surface area contributed by atoms with Gasteiger partial charge in [0.15, 0.2) is 0 Å². The molecule has 100 valence electrons. The first-order chi connectivity index (χ1) is 9.24. The van der Waals surface area contributed by atoms with Gasteiger partial charge in [-0.2, -0.15) is 0 Å². The number of halogens is 1. The van der Waals surface area contributed by atoms with Crippen LogP contribution in [-0.2, 0) is 0 Å². The van der Waals surface area contributed by atoms with Crippen molar-refractivity contribution in [3.8, 4) is 5.75 Å². The highest BCUT2D eigenvalue weighted by Gasteiger charge is 2.11. The summed E-state index contributed by atoms with van der Waals surface area (Å²) >= 11 is 3.57. The molecule has 0 saturated carbocycles. The Morgan fingerprint density at radius 1 is 1.16 bits per heavy atom. The van der Waals surface area contributed by atoms with Gasteiger partial charge < -0.3 is 10.1 Å². The van der Waals surface area contributed by atoms with Crippen molar-refractivity contribution in [2.24, 2.45) is 0 Å². The minimum atomic E-state index is 0.296. The smallest absolute Gasteiger partial charge is 0.121 e. The van der Waals surface area contributed by atoms with Gasteiger partial charge in [0.25, 0.3) is 0 Å². The first-order valence-corrected chi connectivity index (χ1v) is 7.19. The molecule has 0 amide bonds. The quantitative estimate of drug-likeness (QED) is 0.835. The molecule has 2 aromatic carbocycles. The molecule has 3 heteroatoms. The van der Waals surface area contributed by atoms with Gasteiger partial charge in [0, 0.05) is 10.5 Å². The van der Waals surface area contributed by atoms with Gasteiger partial charge in [-0.05, 0) is 40.0 Å². The summed E-state index contributed by atoms with van der Waals surface area (Å²) in [5.41, 5.74) is 2.34. The van der Waals surface area contributed by atoms with Crippen molar-refractivity contribution < 1.29 is 4.74 Å². The second-order valence-corrected chi connectivity index (χ2v) is 5.22. The highest BCUT2D eigenvalue weighted by molar-refractivity contribution is 9.10. The molecular formula is C16H18BrNO. The number of anilines is 1. The first kappa shape index (κ1) is 13.9. The van der Waals surface area contributed by atoms with Crippen LogP contribution in [0.2, 0.25) is 0 Å². The highest BCUT2D eigenvalue weighted by Crippen LogP contribution is 2.31. The zero-order valence-electron chi connectivity index (χ0n) is 11.2. The van der Waals surface area contributed by atoms with E-state index >= 15 is 0 Å². The molecule has 2 aromatic rings. The molecule has 1 atom stereocenters. The van der Waals surface area contributed by atoms with Crippen LogP contribution in [0.5, 0.6) is 5.75 Å². The Hall–Kier alpha value is -1.48. The Balaban J connectivity index is 2.23. The topological polar surface area (TPSA) is 21.3 Å². The van der Waals surface area contributed by atoms with Gasteiger partial charge in [-0.25, -0.2) is 0 Å². The van der Waals surface area contributed by atoms with E-state index in [9.17, 15) is 0 Å². The second kappa shape index (κ2) is 6.62. The average molecular weight is 320 g/mol. The molecular weight excluding hydrogens is 302 g/mol. The van der Waals surface area contributed by atoms with Crippen molar-refractivity contribution >= 4 is 21.6 Å². The summed E-state index contributed by atoms with van der Waals surface area (Å²) in [4.78, 5) is 0. The fraction of sp³-hybridized carbons (Fsp3) is 0.250. The van der Waals surface area contributed by atoms with Crippen molar-refractivity contribution in [1.82, 2.24) is 0 Å². The third kappa shape index (κ3) is 3.51. The van der Waals surface area contributed by atoms with Gasteiger partial charge in [-0.3, -0.25) is 0 Å². The van der Waals surface area contributed by atoms with Crippen LogP contribution >= 0.6 is 15.9 Å². The molecule has 0 aliphatic rings. The lowest BCUT2D eigenvalue weighted by atomic mass is 10.0. The standard InChI is InChI=1S/C16H18BrNO/c1-3-15(12-7-5-4-6-8-12)18-16-11-13(19-2)9-10-14(16)17/h4-11,15,18H,3H2,1-2H3. The molecule has 1 unspecified atom stereocenters. The van der Waals surface area contributed by atoms with E-state index in [1.54, 1.807) is 7.11 Å². The molecule has 19 heavy (non-hydrogen) atoms. The summed E-state index contributed by atoms with van der Waals surface area (Å²) in [6, 6.07) is 16.7. The Bertz CT molecular complexity index is 528. The maximum atomic E-state index is 5.27. The third-order valence-electron chi connectivity index (χ3n) is 3.11. The van der Waals surface area contributed by atoms with Crippen LogP contribution in [-0.4, -0.2) is 7.11 Å². The Morgan fingerprint density at radius 2 is 1.89 bits per heavy atom. The van der Waals surface area contributed by atoms with Crippen LogP contribution < -0.4 is 10.1 Å². The Labute approximate surface area is 122 Å². The summed E-state index contributed by atoms with van der Waals surface area (Å²) in [5, 5.41) is 3.56. The van der Waals surface area contributed by atoms with E-state index in [-0.39, 0.29) is 0 Å². The largest absolute Gasteiger partial charge is 0.497 e. The molecule has 0 aliphatic carbocycles. The van der Waals surface area contributed by atoms with Crippen LogP contribution in [0.15, 0.2) is 53.0 Å². The van der Waals surface area contributed by atoms with Crippen molar-refractivity contribution in [1.29, 1.82) is 0 Å². The van der Waals surface area contributed by atoms with Gasteiger partial charge in [-0.1, -0.05) is 37.3 Å².